The molecule has 26 heavy (non-hydrogen) atoms. The predicted molar refractivity (Wildman–Crippen MR) is 102 cm³/mol. The van der Waals surface area contributed by atoms with Crippen molar-refractivity contribution in [3.8, 4) is 12.3 Å². The molecule has 0 aliphatic carbocycles. The number of rotatable bonds is 16. The highest BCUT2D eigenvalue weighted by atomic mass is 16.5. The van der Waals surface area contributed by atoms with Gasteiger partial charge in [0, 0.05) is 26.7 Å². The summed E-state index contributed by atoms with van der Waals surface area (Å²) in [6, 6.07) is 0. The van der Waals surface area contributed by atoms with E-state index in [0.717, 1.165) is 32.1 Å². The molecule has 0 amide bonds. The van der Waals surface area contributed by atoms with Crippen molar-refractivity contribution in [1.29, 1.82) is 0 Å². The first-order valence-electron chi connectivity index (χ1n) is 9.87. The van der Waals surface area contributed by atoms with Gasteiger partial charge in [-0.3, -0.25) is 9.59 Å². The maximum atomic E-state index is 11.2. The maximum absolute atomic E-state index is 11.2. The summed E-state index contributed by atoms with van der Waals surface area (Å²) < 4.78 is 10.0. The number of aliphatic hydroxyl groups excluding tert-OH is 1. The molecule has 1 N–H and O–H groups in total. The first-order valence-corrected chi connectivity index (χ1v) is 9.87. The normalized spacial score (nSPS) is 12.8. The Bertz CT molecular complexity index is 413. The first kappa shape index (κ1) is 24.5. The van der Waals surface area contributed by atoms with Gasteiger partial charge in [0.05, 0.1) is 6.10 Å². The molecule has 0 unspecified atom stereocenters. The van der Waals surface area contributed by atoms with Crippen LogP contribution in [0.2, 0.25) is 0 Å². The molecule has 0 aliphatic heterocycles. The SMILES string of the molecule is C#CCCCCCCCCCCC[C@@H](C[C@@H](O)COC(C)=O)OC(C)=O. The number of ether oxygens (including phenoxy) is 2. The number of esters is 2. The van der Waals surface area contributed by atoms with Crippen molar-refractivity contribution in [2.75, 3.05) is 6.61 Å². The van der Waals surface area contributed by atoms with E-state index in [1.165, 1.54) is 52.4 Å². The fraction of sp³-hybridized carbons (Fsp3) is 0.810. The summed E-state index contributed by atoms with van der Waals surface area (Å²) in [5.41, 5.74) is 0. The second-order valence-corrected chi connectivity index (χ2v) is 6.85. The highest BCUT2D eigenvalue weighted by Gasteiger charge is 2.18. The largest absolute Gasteiger partial charge is 0.463 e. The molecular formula is C21H36O5. The van der Waals surface area contributed by atoms with Crippen molar-refractivity contribution >= 4 is 11.9 Å². The third-order valence-corrected chi connectivity index (χ3v) is 4.19. The summed E-state index contributed by atoms with van der Waals surface area (Å²) in [4.78, 5) is 22.0. The summed E-state index contributed by atoms with van der Waals surface area (Å²) in [5, 5.41) is 9.88. The molecule has 0 radical (unpaired) electrons. The summed E-state index contributed by atoms with van der Waals surface area (Å²) in [7, 11) is 0. The van der Waals surface area contributed by atoms with Gasteiger partial charge in [0.2, 0.25) is 0 Å². The Labute approximate surface area is 158 Å². The lowest BCUT2D eigenvalue weighted by Gasteiger charge is -2.20. The molecule has 150 valence electrons. The summed E-state index contributed by atoms with van der Waals surface area (Å²) in [6.07, 6.45) is 16.6. The predicted octanol–water partition coefficient (Wildman–Crippen LogP) is 4.16. The zero-order valence-corrected chi connectivity index (χ0v) is 16.5. The number of carbonyl (C=O) groups is 2. The second-order valence-electron chi connectivity index (χ2n) is 6.85. The van der Waals surface area contributed by atoms with Gasteiger partial charge in [-0.05, 0) is 19.3 Å². The van der Waals surface area contributed by atoms with Crippen LogP contribution in [0.25, 0.3) is 0 Å². The zero-order valence-electron chi connectivity index (χ0n) is 16.5. The lowest BCUT2D eigenvalue weighted by molar-refractivity contribution is -0.151. The van der Waals surface area contributed by atoms with E-state index in [4.69, 9.17) is 15.9 Å². The molecule has 0 bridgehead atoms. The number of aliphatic hydroxyl groups is 1. The molecule has 0 aromatic carbocycles. The van der Waals surface area contributed by atoms with E-state index in [0.29, 0.717) is 6.42 Å². The van der Waals surface area contributed by atoms with Gasteiger partial charge in [-0.1, -0.05) is 44.9 Å². The topological polar surface area (TPSA) is 72.8 Å². The van der Waals surface area contributed by atoms with Crippen molar-refractivity contribution in [2.24, 2.45) is 0 Å². The maximum Gasteiger partial charge on any atom is 0.302 e. The molecule has 0 aromatic rings. The fourth-order valence-electron chi connectivity index (χ4n) is 2.88. The van der Waals surface area contributed by atoms with E-state index < -0.39 is 12.1 Å². The number of carbonyl (C=O) groups excluding carboxylic acids is 2. The van der Waals surface area contributed by atoms with Crippen LogP contribution >= 0.6 is 0 Å². The molecule has 0 fully saturated rings. The van der Waals surface area contributed by atoms with Gasteiger partial charge in [0.25, 0.3) is 0 Å². The monoisotopic (exact) mass is 368 g/mol. The van der Waals surface area contributed by atoms with E-state index in [9.17, 15) is 14.7 Å². The Morgan fingerprint density at radius 3 is 1.96 bits per heavy atom. The van der Waals surface area contributed by atoms with Crippen LogP contribution in [0.3, 0.4) is 0 Å². The molecular weight excluding hydrogens is 332 g/mol. The molecule has 0 saturated carbocycles. The van der Waals surface area contributed by atoms with Crippen LogP contribution in [0.1, 0.15) is 90.9 Å². The fourth-order valence-corrected chi connectivity index (χ4v) is 2.88. The summed E-state index contributed by atoms with van der Waals surface area (Å²) in [6.45, 7) is 2.61. The van der Waals surface area contributed by atoms with Gasteiger partial charge in [-0.15, -0.1) is 12.3 Å². The van der Waals surface area contributed by atoms with Crippen molar-refractivity contribution in [2.45, 2.75) is 103 Å². The quantitative estimate of drug-likeness (QED) is 0.252. The van der Waals surface area contributed by atoms with Gasteiger partial charge in [0.1, 0.15) is 12.7 Å². The minimum absolute atomic E-state index is 0.0611. The van der Waals surface area contributed by atoms with Gasteiger partial charge in [0.15, 0.2) is 0 Å². The molecule has 5 nitrogen and oxygen atoms in total. The third-order valence-electron chi connectivity index (χ3n) is 4.19. The molecule has 0 saturated heterocycles. The van der Waals surface area contributed by atoms with Gasteiger partial charge < -0.3 is 14.6 Å². The Morgan fingerprint density at radius 2 is 1.46 bits per heavy atom. The summed E-state index contributed by atoms with van der Waals surface area (Å²) in [5.74, 6) is 1.89. The lowest BCUT2D eigenvalue weighted by atomic mass is 10.0. The van der Waals surface area contributed by atoms with E-state index in [1.54, 1.807) is 0 Å². The van der Waals surface area contributed by atoms with Crippen LogP contribution in [0.4, 0.5) is 0 Å². The molecule has 0 aliphatic rings. The lowest BCUT2D eigenvalue weighted by Crippen LogP contribution is -2.26. The Morgan fingerprint density at radius 1 is 0.923 bits per heavy atom. The molecule has 2 atom stereocenters. The average Bonchev–Trinajstić information content (AvgIpc) is 2.57. The molecule has 0 aromatic heterocycles. The van der Waals surface area contributed by atoms with Crippen molar-refractivity contribution in [3.63, 3.8) is 0 Å². The Hall–Kier alpha value is -1.54. The number of terminal acetylenes is 1. The molecule has 0 rings (SSSR count). The highest BCUT2D eigenvalue weighted by molar-refractivity contribution is 5.66. The van der Waals surface area contributed by atoms with Crippen LogP contribution in [0.5, 0.6) is 0 Å². The van der Waals surface area contributed by atoms with E-state index in [1.807, 2.05) is 0 Å². The van der Waals surface area contributed by atoms with Crippen LogP contribution < -0.4 is 0 Å². The van der Waals surface area contributed by atoms with Gasteiger partial charge in [-0.25, -0.2) is 0 Å². The standard InChI is InChI=1S/C21H36O5/c1-4-5-6-7-8-9-10-11-12-13-14-15-21(26-19(3)23)16-20(24)17-25-18(2)22/h1,20-21,24H,5-17H2,2-3H3/t20-,21+/m1/s1. The molecule has 0 spiro atoms. The molecule has 5 heteroatoms. The van der Waals surface area contributed by atoms with Crippen molar-refractivity contribution in [3.05, 3.63) is 0 Å². The third kappa shape index (κ3) is 17.3. The van der Waals surface area contributed by atoms with Crippen LogP contribution in [-0.2, 0) is 19.1 Å². The van der Waals surface area contributed by atoms with Crippen molar-refractivity contribution < 1.29 is 24.2 Å². The number of hydrogen-bond acceptors (Lipinski definition) is 5. The first-order chi connectivity index (χ1) is 12.5. The van der Waals surface area contributed by atoms with E-state index in [-0.39, 0.29) is 18.7 Å². The summed E-state index contributed by atoms with van der Waals surface area (Å²) >= 11 is 0. The van der Waals surface area contributed by atoms with E-state index >= 15 is 0 Å². The van der Waals surface area contributed by atoms with Crippen LogP contribution in [0, 0.1) is 12.3 Å². The van der Waals surface area contributed by atoms with Crippen LogP contribution in [-0.4, -0.2) is 35.9 Å². The number of unbranched alkanes of at least 4 members (excludes halogenated alkanes) is 9. The Kier molecular flexibility index (Phi) is 15.9. The zero-order chi connectivity index (χ0) is 19.6. The second kappa shape index (κ2) is 16.9. The minimum Gasteiger partial charge on any atom is -0.463 e. The van der Waals surface area contributed by atoms with Gasteiger partial charge in [-0.2, -0.15) is 0 Å². The van der Waals surface area contributed by atoms with E-state index in [2.05, 4.69) is 5.92 Å². The molecule has 0 heterocycles. The highest BCUT2D eigenvalue weighted by Crippen LogP contribution is 2.16. The van der Waals surface area contributed by atoms with Crippen LogP contribution in [0.15, 0.2) is 0 Å². The smallest absolute Gasteiger partial charge is 0.302 e. The average molecular weight is 369 g/mol. The van der Waals surface area contributed by atoms with Gasteiger partial charge >= 0.3 is 11.9 Å². The van der Waals surface area contributed by atoms with Crippen molar-refractivity contribution in [1.82, 2.24) is 0 Å². The minimum atomic E-state index is -0.808. The number of hydrogen-bond donors (Lipinski definition) is 1. The Balaban J connectivity index is 3.75.